The lowest BCUT2D eigenvalue weighted by molar-refractivity contribution is -0.512. The molecule has 0 saturated carbocycles. The van der Waals surface area contributed by atoms with Crippen LogP contribution in [0, 0.1) is 10.1 Å². The Morgan fingerprint density at radius 2 is 1.89 bits per heavy atom. The van der Waals surface area contributed by atoms with E-state index in [2.05, 4.69) is 0 Å². The number of nitro groups is 1. The third-order valence-electron chi connectivity index (χ3n) is 2.70. The van der Waals surface area contributed by atoms with Crippen LogP contribution < -0.4 is 0 Å². The van der Waals surface area contributed by atoms with Gasteiger partial charge in [0.25, 0.3) is 0 Å². The summed E-state index contributed by atoms with van der Waals surface area (Å²) in [5.41, 5.74) is 0.865. The largest absolute Gasteiger partial charge is 0.462 e. The lowest BCUT2D eigenvalue weighted by Gasteiger charge is -2.14. The first-order chi connectivity index (χ1) is 8.45. The summed E-state index contributed by atoms with van der Waals surface area (Å²) in [6.07, 6.45) is 3.07. The molecule has 0 aliphatic heterocycles. The van der Waals surface area contributed by atoms with Gasteiger partial charge in [0.15, 0.2) is 0 Å². The fraction of sp³-hybridized carbons (Fsp3) is 0.769. The summed E-state index contributed by atoms with van der Waals surface area (Å²) in [6.45, 7) is 7.38. The summed E-state index contributed by atoms with van der Waals surface area (Å²) in [5.74, 6) is -0.560. The van der Waals surface area contributed by atoms with Crippen LogP contribution in [0.1, 0.15) is 53.4 Å². The molecule has 0 saturated heterocycles. The minimum absolute atomic E-state index is 0.206. The van der Waals surface area contributed by atoms with Crippen molar-refractivity contribution in [2.75, 3.05) is 6.61 Å². The minimum atomic E-state index is -0.944. The van der Waals surface area contributed by atoms with E-state index in [1.165, 1.54) is 0 Å². The van der Waals surface area contributed by atoms with E-state index in [1.54, 1.807) is 20.8 Å². The monoisotopic (exact) mass is 257 g/mol. The average molecular weight is 257 g/mol. The highest BCUT2D eigenvalue weighted by molar-refractivity contribution is 5.90. The Labute approximate surface area is 108 Å². The maximum atomic E-state index is 11.8. The minimum Gasteiger partial charge on any atom is -0.462 e. The molecule has 0 fully saturated rings. The Morgan fingerprint density at radius 1 is 1.28 bits per heavy atom. The number of allylic oxidation sites excluding steroid dienone is 1. The first-order valence-corrected chi connectivity index (χ1v) is 6.43. The van der Waals surface area contributed by atoms with Crippen LogP contribution in [0.4, 0.5) is 0 Å². The van der Waals surface area contributed by atoms with Gasteiger partial charge in [-0.1, -0.05) is 25.3 Å². The molecule has 0 aliphatic carbocycles. The fourth-order valence-corrected chi connectivity index (χ4v) is 1.83. The maximum Gasteiger partial charge on any atom is 0.340 e. The molecule has 5 heteroatoms. The van der Waals surface area contributed by atoms with Gasteiger partial charge in [-0.25, -0.2) is 4.79 Å². The van der Waals surface area contributed by atoms with Gasteiger partial charge in [0.1, 0.15) is 5.57 Å². The Balaban J connectivity index is 4.97. The zero-order chi connectivity index (χ0) is 14.1. The van der Waals surface area contributed by atoms with Gasteiger partial charge < -0.3 is 4.74 Å². The zero-order valence-corrected chi connectivity index (χ0v) is 11.7. The van der Waals surface area contributed by atoms with Crippen molar-refractivity contribution in [3.05, 3.63) is 21.3 Å². The molecule has 0 amide bonds. The van der Waals surface area contributed by atoms with Crippen LogP contribution >= 0.6 is 0 Å². The Kier molecular flexibility index (Phi) is 8.00. The molecule has 18 heavy (non-hydrogen) atoms. The second-order valence-electron chi connectivity index (χ2n) is 4.43. The maximum absolute atomic E-state index is 11.8. The predicted molar refractivity (Wildman–Crippen MR) is 69.9 cm³/mol. The van der Waals surface area contributed by atoms with Crippen LogP contribution in [-0.4, -0.2) is 23.5 Å². The number of unbranched alkanes of at least 4 members (excludes halogenated alkanes) is 2. The van der Waals surface area contributed by atoms with Crippen molar-refractivity contribution in [2.45, 2.75) is 59.4 Å². The molecule has 0 N–H and O–H groups in total. The lowest BCUT2D eigenvalue weighted by Crippen LogP contribution is -2.29. The summed E-state index contributed by atoms with van der Waals surface area (Å²) in [7, 11) is 0. The predicted octanol–water partition coefficient (Wildman–Crippen LogP) is 3.11. The van der Waals surface area contributed by atoms with Gasteiger partial charge in [0.05, 0.1) is 6.61 Å². The van der Waals surface area contributed by atoms with Gasteiger partial charge in [-0.15, -0.1) is 0 Å². The number of esters is 1. The molecule has 0 aromatic heterocycles. The summed E-state index contributed by atoms with van der Waals surface area (Å²) in [6, 6.07) is -0.944. The third kappa shape index (κ3) is 5.29. The highest BCUT2D eigenvalue weighted by Gasteiger charge is 2.32. The number of hydrogen-bond acceptors (Lipinski definition) is 4. The molecule has 0 bridgehead atoms. The SMILES string of the molecule is CCCCCC(C(C(=O)OCC)=C(C)C)[N+](=O)[O-]. The van der Waals surface area contributed by atoms with Crippen LogP contribution in [-0.2, 0) is 9.53 Å². The number of carbonyl (C=O) groups is 1. The molecule has 1 atom stereocenters. The average Bonchev–Trinajstić information content (AvgIpc) is 2.27. The van der Waals surface area contributed by atoms with Crippen LogP contribution in [0.15, 0.2) is 11.1 Å². The van der Waals surface area contributed by atoms with Crippen molar-refractivity contribution in [1.29, 1.82) is 0 Å². The highest BCUT2D eigenvalue weighted by atomic mass is 16.6. The summed E-state index contributed by atoms with van der Waals surface area (Å²) in [5, 5.41) is 11.1. The van der Waals surface area contributed by atoms with Crippen molar-refractivity contribution >= 4 is 5.97 Å². The lowest BCUT2D eigenvalue weighted by atomic mass is 9.97. The van der Waals surface area contributed by atoms with Crippen molar-refractivity contribution in [3.63, 3.8) is 0 Å². The van der Waals surface area contributed by atoms with E-state index < -0.39 is 12.0 Å². The molecule has 0 aromatic carbocycles. The summed E-state index contributed by atoms with van der Waals surface area (Å²) >= 11 is 0. The summed E-state index contributed by atoms with van der Waals surface area (Å²) in [4.78, 5) is 22.5. The van der Waals surface area contributed by atoms with Crippen molar-refractivity contribution in [1.82, 2.24) is 0 Å². The second-order valence-corrected chi connectivity index (χ2v) is 4.43. The molecule has 1 unspecified atom stereocenters. The van der Waals surface area contributed by atoms with E-state index in [1.807, 2.05) is 6.92 Å². The van der Waals surface area contributed by atoms with Crippen LogP contribution in [0.2, 0.25) is 0 Å². The standard InChI is InChI=1S/C13H23NO4/c1-5-7-8-9-11(14(16)17)12(10(3)4)13(15)18-6-2/h11H,5-9H2,1-4H3. The van der Waals surface area contributed by atoms with Crippen molar-refractivity contribution in [2.24, 2.45) is 0 Å². The van der Waals surface area contributed by atoms with E-state index in [9.17, 15) is 14.9 Å². The van der Waals surface area contributed by atoms with E-state index in [4.69, 9.17) is 4.74 Å². The number of hydrogen-bond donors (Lipinski definition) is 0. The van der Waals surface area contributed by atoms with Gasteiger partial charge in [0, 0.05) is 11.3 Å². The molecular weight excluding hydrogens is 234 g/mol. The third-order valence-corrected chi connectivity index (χ3v) is 2.70. The second kappa shape index (κ2) is 8.66. The molecule has 0 radical (unpaired) electrons. The number of nitrogens with zero attached hydrogens (tertiary/aromatic N) is 1. The van der Waals surface area contributed by atoms with Crippen LogP contribution in [0.5, 0.6) is 0 Å². The van der Waals surface area contributed by atoms with Crippen LogP contribution in [0.3, 0.4) is 0 Å². The molecule has 0 aliphatic rings. The number of carbonyl (C=O) groups excluding carboxylic acids is 1. The van der Waals surface area contributed by atoms with Crippen molar-refractivity contribution in [3.8, 4) is 0 Å². The molecular formula is C13H23NO4. The topological polar surface area (TPSA) is 69.4 Å². The van der Waals surface area contributed by atoms with Crippen molar-refractivity contribution < 1.29 is 14.5 Å². The Bertz CT molecular complexity index is 319. The molecule has 0 aromatic rings. The van der Waals surface area contributed by atoms with Gasteiger partial charge in [-0.3, -0.25) is 10.1 Å². The molecule has 0 rings (SSSR count). The normalized spacial score (nSPS) is 11.8. The Hall–Kier alpha value is -1.39. The first kappa shape index (κ1) is 16.6. The van der Waals surface area contributed by atoms with Crippen LogP contribution in [0.25, 0.3) is 0 Å². The molecule has 0 heterocycles. The summed E-state index contributed by atoms with van der Waals surface area (Å²) < 4.78 is 4.90. The Morgan fingerprint density at radius 3 is 2.28 bits per heavy atom. The van der Waals surface area contributed by atoms with Gasteiger partial charge >= 0.3 is 5.97 Å². The smallest absolute Gasteiger partial charge is 0.340 e. The van der Waals surface area contributed by atoms with E-state index in [0.717, 1.165) is 19.3 Å². The number of rotatable bonds is 8. The van der Waals surface area contributed by atoms with Gasteiger partial charge in [0.2, 0.25) is 6.04 Å². The van der Waals surface area contributed by atoms with E-state index in [-0.39, 0.29) is 17.1 Å². The molecule has 0 spiro atoms. The number of ether oxygens (including phenoxy) is 1. The van der Waals surface area contributed by atoms with Gasteiger partial charge in [-0.05, 0) is 27.2 Å². The molecule has 104 valence electrons. The zero-order valence-electron chi connectivity index (χ0n) is 11.7. The first-order valence-electron chi connectivity index (χ1n) is 6.43. The van der Waals surface area contributed by atoms with E-state index >= 15 is 0 Å². The fourth-order valence-electron chi connectivity index (χ4n) is 1.83. The quantitative estimate of drug-likeness (QED) is 0.220. The van der Waals surface area contributed by atoms with Gasteiger partial charge in [-0.2, -0.15) is 0 Å². The van der Waals surface area contributed by atoms with E-state index in [0.29, 0.717) is 12.0 Å². The molecule has 5 nitrogen and oxygen atoms in total. The highest BCUT2D eigenvalue weighted by Crippen LogP contribution is 2.19.